The van der Waals surface area contributed by atoms with Crippen molar-refractivity contribution in [3.05, 3.63) is 17.9 Å². The van der Waals surface area contributed by atoms with E-state index in [2.05, 4.69) is 11.6 Å². The van der Waals surface area contributed by atoms with Gasteiger partial charge in [-0.15, -0.1) is 0 Å². The van der Waals surface area contributed by atoms with Gasteiger partial charge in [-0.3, -0.25) is 0 Å². The van der Waals surface area contributed by atoms with E-state index in [-0.39, 0.29) is 10.6 Å². The van der Waals surface area contributed by atoms with Crippen LogP contribution in [0.25, 0.3) is 0 Å². The third-order valence-electron chi connectivity index (χ3n) is 4.12. The lowest BCUT2D eigenvalue weighted by Gasteiger charge is -2.36. The summed E-state index contributed by atoms with van der Waals surface area (Å²) in [4.78, 5) is 0. The number of ether oxygens (including phenoxy) is 1. The first-order valence-electron chi connectivity index (χ1n) is 7.02. The normalized spacial score (nSPS) is 17.8. The van der Waals surface area contributed by atoms with Crippen molar-refractivity contribution in [3.63, 3.8) is 0 Å². The lowest BCUT2D eigenvalue weighted by atomic mass is 9.88. The number of nitrogen functional groups attached to an aromatic ring is 1. The Morgan fingerprint density at radius 3 is 2.65 bits per heavy atom. The molecule has 1 saturated carbocycles. The second-order valence-electron chi connectivity index (χ2n) is 5.38. The summed E-state index contributed by atoms with van der Waals surface area (Å²) in [5, 5.41) is 3.24. The Morgan fingerprint density at radius 2 is 2.05 bits per heavy atom. The van der Waals surface area contributed by atoms with Crippen LogP contribution < -0.4 is 15.8 Å². The van der Waals surface area contributed by atoms with Crippen molar-refractivity contribution < 1.29 is 9.13 Å². The maximum absolute atomic E-state index is 13.9. The van der Waals surface area contributed by atoms with Crippen molar-refractivity contribution in [1.82, 2.24) is 0 Å². The number of benzene rings is 1. The lowest BCUT2D eigenvalue weighted by Crippen LogP contribution is -2.35. The highest BCUT2D eigenvalue weighted by atomic mass is 32.2. The first-order valence-corrected chi connectivity index (χ1v) is 8.25. The summed E-state index contributed by atoms with van der Waals surface area (Å²) >= 11 is 1.89. The number of anilines is 2. The Kier molecular flexibility index (Phi) is 5.02. The number of halogens is 1. The molecular formula is C15H23FN2OS. The van der Waals surface area contributed by atoms with E-state index < -0.39 is 0 Å². The zero-order chi connectivity index (χ0) is 14.6. The number of hydrogen-bond donors (Lipinski definition) is 2. The highest BCUT2D eigenvalue weighted by Gasteiger charge is 2.31. The number of hydrogen-bond acceptors (Lipinski definition) is 4. The van der Waals surface area contributed by atoms with E-state index in [1.165, 1.54) is 45.3 Å². The highest BCUT2D eigenvalue weighted by Crippen LogP contribution is 2.39. The predicted molar refractivity (Wildman–Crippen MR) is 85.2 cm³/mol. The molecule has 5 heteroatoms. The average molecular weight is 298 g/mol. The molecule has 1 aromatic carbocycles. The minimum Gasteiger partial charge on any atom is -0.495 e. The number of methoxy groups -OCH3 is 1. The van der Waals surface area contributed by atoms with Crippen molar-refractivity contribution in [2.45, 2.75) is 36.9 Å². The number of nitrogens with two attached hydrogens (primary N) is 1. The molecule has 20 heavy (non-hydrogen) atoms. The van der Waals surface area contributed by atoms with Crippen molar-refractivity contribution in [2.75, 3.05) is 31.0 Å². The molecule has 3 nitrogen and oxygen atoms in total. The molecule has 1 aliphatic rings. The minimum atomic E-state index is -0.324. The molecule has 0 heterocycles. The molecule has 1 aromatic rings. The van der Waals surface area contributed by atoms with E-state index >= 15 is 0 Å². The van der Waals surface area contributed by atoms with Gasteiger partial charge in [-0.05, 0) is 19.1 Å². The van der Waals surface area contributed by atoms with Gasteiger partial charge in [-0.1, -0.05) is 19.3 Å². The Labute approximate surface area is 124 Å². The molecule has 0 aromatic heterocycles. The van der Waals surface area contributed by atoms with Crippen LogP contribution in [0, 0.1) is 5.82 Å². The molecule has 3 N–H and O–H groups in total. The summed E-state index contributed by atoms with van der Waals surface area (Å²) < 4.78 is 19.3. The summed E-state index contributed by atoms with van der Waals surface area (Å²) in [5.74, 6) is 0.186. The fourth-order valence-electron chi connectivity index (χ4n) is 2.79. The van der Waals surface area contributed by atoms with Crippen LogP contribution in [-0.4, -0.2) is 24.7 Å². The summed E-state index contributed by atoms with van der Waals surface area (Å²) in [7, 11) is 1.54. The Balaban J connectivity index is 2.09. The SMILES string of the molecule is COc1cc(NCC2(SC)CCCCC2)c(F)cc1N. The van der Waals surface area contributed by atoms with E-state index in [0.717, 1.165) is 6.54 Å². The van der Waals surface area contributed by atoms with Crippen molar-refractivity contribution >= 4 is 23.1 Å². The molecule has 0 aliphatic heterocycles. The third kappa shape index (κ3) is 3.32. The van der Waals surface area contributed by atoms with Crippen LogP contribution in [0.2, 0.25) is 0 Å². The molecule has 0 radical (unpaired) electrons. The Hall–Kier alpha value is -1.10. The van der Waals surface area contributed by atoms with Gasteiger partial charge in [0, 0.05) is 23.4 Å². The maximum Gasteiger partial charge on any atom is 0.148 e. The lowest BCUT2D eigenvalue weighted by molar-refractivity contribution is 0.409. The first kappa shape index (κ1) is 15.3. The first-order chi connectivity index (χ1) is 9.60. The Morgan fingerprint density at radius 1 is 1.35 bits per heavy atom. The van der Waals surface area contributed by atoms with Crippen LogP contribution in [0.3, 0.4) is 0 Å². The second-order valence-corrected chi connectivity index (χ2v) is 6.65. The smallest absolute Gasteiger partial charge is 0.148 e. The number of nitrogens with one attached hydrogen (secondary N) is 1. The zero-order valence-electron chi connectivity index (χ0n) is 12.2. The second kappa shape index (κ2) is 6.57. The average Bonchev–Trinajstić information content (AvgIpc) is 2.47. The van der Waals surface area contributed by atoms with Gasteiger partial charge in [0.05, 0.1) is 18.5 Å². The molecule has 0 atom stereocenters. The minimum absolute atomic E-state index is 0.222. The molecule has 0 bridgehead atoms. The van der Waals surface area contributed by atoms with Gasteiger partial charge in [0.25, 0.3) is 0 Å². The van der Waals surface area contributed by atoms with Crippen LogP contribution in [0.5, 0.6) is 5.75 Å². The van der Waals surface area contributed by atoms with Crippen molar-refractivity contribution in [2.24, 2.45) is 0 Å². The molecule has 0 spiro atoms. The molecule has 0 amide bonds. The van der Waals surface area contributed by atoms with Crippen LogP contribution >= 0.6 is 11.8 Å². The van der Waals surface area contributed by atoms with Crippen LogP contribution in [-0.2, 0) is 0 Å². The van der Waals surface area contributed by atoms with Gasteiger partial charge in [0.1, 0.15) is 11.6 Å². The molecule has 0 saturated heterocycles. The van der Waals surface area contributed by atoms with Gasteiger partial charge in [-0.25, -0.2) is 4.39 Å². The molecular weight excluding hydrogens is 275 g/mol. The molecule has 112 valence electrons. The maximum atomic E-state index is 13.9. The molecule has 1 fully saturated rings. The highest BCUT2D eigenvalue weighted by molar-refractivity contribution is 8.00. The monoisotopic (exact) mass is 298 g/mol. The topological polar surface area (TPSA) is 47.3 Å². The zero-order valence-corrected chi connectivity index (χ0v) is 13.0. The summed E-state index contributed by atoms with van der Waals surface area (Å²) in [6, 6.07) is 2.95. The fourth-order valence-corrected chi connectivity index (χ4v) is 3.70. The van der Waals surface area contributed by atoms with Crippen LogP contribution in [0.1, 0.15) is 32.1 Å². The molecule has 1 aliphatic carbocycles. The van der Waals surface area contributed by atoms with Crippen molar-refractivity contribution in [1.29, 1.82) is 0 Å². The van der Waals surface area contributed by atoms with Gasteiger partial charge >= 0.3 is 0 Å². The number of thioether (sulfide) groups is 1. The van der Waals surface area contributed by atoms with Crippen molar-refractivity contribution in [3.8, 4) is 5.75 Å². The van der Waals surface area contributed by atoms with E-state index in [1.54, 1.807) is 6.07 Å². The predicted octanol–water partition coefficient (Wildman–Crippen LogP) is 3.89. The summed E-state index contributed by atoms with van der Waals surface area (Å²) in [6.45, 7) is 0.776. The van der Waals surface area contributed by atoms with E-state index in [4.69, 9.17) is 10.5 Å². The van der Waals surface area contributed by atoms with E-state index in [0.29, 0.717) is 17.1 Å². The fraction of sp³-hybridized carbons (Fsp3) is 0.600. The Bertz CT molecular complexity index is 461. The van der Waals surface area contributed by atoms with Gasteiger partial charge < -0.3 is 15.8 Å². The standard InChI is InChI=1S/C15H23FN2OS/c1-19-14-9-13(11(16)8-12(14)17)18-10-15(20-2)6-4-3-5-7-15/h8-9,18H,3-7,10,17H2,1-2H3. The largest absolute Gasteiger partial charge is 0.495 e. The van der Waals surface area contributed by atoms with Gasteiger partial charge in [-0.2, -0.15) is 11.8 Å². The van der Waals surface area contributed by atoms with Gasteiger partial charge in [0.15, 0.2) is 0 Å². The molecule has 0 unspecified atom stereocenters. The summed E-state index contributed by atoms with van der Waals surface area (Å²) in [5.41, 5.74) is 6.49. The van der Waals surface area contributed by atoms with Crippen LogP contribution in [0.15, 0.2) is 12.1 Å². The summed E-state index contributed by atoms with van der Waals surface area (Å²) in [6.07, 6.45) is 8.36. The quantitative estimate of drug-likeness (QED) is 0.810. The van der Waals surface area contributed by atoms with E-state index in [1.807, 2.05) is 11.8 Å². The third-order valence-corrected chi connectivity index (χ3v) is 5.54. The van der Waals surface area contributed by atoms with Gasteiger partial charge in [0.2, 0.25) is 0 Å². The molecule has 2 rings (SSSR count). The van der Waals surface area contributed by atoms with Crippen LogP contribution in [0.4, 0.5) is 15.8 Å². The van der Waals surface area contributed by atoms with E-state index in [9.17, 15) is 4.39 Å². The number of rotatable bonds is 5.